The van der Waals surface area contributed by atoms with Gasteiger partial charge in [-0.25, -0.2) is 0 Å². The van der Waals surface area contributed by atoms with Crippen LogP contribution in [0.3, 0.4) is 0 Å². The molecule has 2 aliphatic heterocycles. The van der Waals surface area contributed by atoms with Gasteiger partial charge in [-0.3, -0.25) is 9.59 Å². The van der Waals surface area contributed by atoms with Crippen LogP contribution in [0.1, 0.15) is 60.9 Å². The van der Waals surface area contributed by atoms with Gasteiger partial charge in [0.1, 0.15) is 6.04 Å². The van der Waals surface area contributed by atoms with Crippen LogP contribution in [0.15, 0.2) is 54.6 Å². The Kier molecular flexibility index (Phi) is 6.77. The molecule has 5 heteroatoms. The summed E-state index contributed by atoms with van der Waals surface area (Å²) < 4.78 is 0. The first-order valence-electron chi connectivity index (χ1n) is 12.7. The zero-order chi connectivity index (χ0) is 22.6. The van der Waals surface area contributed by atoms with Crippen molar-refractivity contribution in [2.45, 2.75) is 63.5 Å². The summed E-state index contributed by atoms with van der Waals surface area (Å²) in [4.78, 5) is 31.2. The van der Waals surface area contributed by atoms with Crippen molar-refractivity contribution in [1.82, 2.24) is 9.80 Å². The Bertz CT molecular complexity index is 953. The number of nitrogens with one attached hydrogen (secondary N) is 1. The highest BCUT2D eigenvalue weighted by atomic mass is 16.2. The molecule has 0 bridgehead atoms. The zero-order valence-electron chi connectivity index (χ0n) is 19.4. The van der Waals surface area contributed by atoms with E-state index in [-0.39, 0.29) is 17.9 Å². The molecule has 2 heterocycles. The summed E-state index contributed by atoms with van der Waals surface area (Å²) in [5.74, 6) is 0.357. The van der Waals surface area contributed by atoms with Crippen molar-refractivity contribution < 1.29 is 9.59 Å². The van der Waals surface area contributed by atoms with Crippen LogP contribution < -0.4 is 5.32 Å². The Morgan fingerprint density at radius 3 is 2.36 bits per heavy atom. The molecule has 2 amide bonds. The number of rotatable bonds is 6. The molecule has 0 radical (unpaired) electrons. The lowest BCUT2D eigenvalue weighted by atomic mass is 9.84. The number of carbonyl (C=O) groups excluding carboxylic acids is 2. The van der Waals surface area contributed by atoms with Crippen LogP contribution in [0.4, 0.5) is 5.69 Å². The van der Waals surface area contributed by atoms with Gasteiger partial charge in [0.05, 0.1) is 0 Å². The predicted octanol–water partition coefficient (Wildman–Crippen LogP) is 4.74. The molecule has 1 saturated carbocycles. The molecule has 1 aliphatic carbocycles. The smallest absolute Gasteiger partial charge is 0.254 e. The van der Waals surface area contributed by atoms with Gasteiger partial charge in [0, 0.05) is 23.8 Å². The normalized spacial score (nSPS) is 25.1. The maximum Gasteiger partial charge on any atom is 0.254 e. The second-order valence-electron chi connectivity index (χ2n) is 9.93. The van der Waals surface area contributed by atoms with E-state index in [1.807, 2.05) is 47.4 Å². The fraction of sp³-hybridized carbons (Fsp3) is 0.500. The van der Waals surface area contributed by atoms with E-state index in [2.05, 4.69) is 22.3 Å². The van der Waals surface area contributed by atoms with E-state index in [1.54, 1.807) is 0 Å². The standard InChI is InChI=1S/C28H35N3O2/c32-27(29-24-14-12-21(13-15-24)16-19-30-17-6-7-18-30)26-20-23-10-4-5-11-25(23)31(26)28(33)22-8-2-1-3-9-22/h1-3,8-9,12-15,23,25-26H,4-7,10-11,16-20H2,(H,29,32). The summed E-state index contributed by atoms with van der Waals surface area (Å²) in [6, 6.07) is 17.4. The van der Waals surface area contributed by atoms with Crippen molar-refractivity contribution in [2.24, 2.45) is 5.92 Å². The lowest BCUT2D eigenvalue weighted by Gasteiger charge is -2.33. The van der Waals surface area contributed by atoms with Gasteiger partial charge < -0.3 is 15.1 Å². The molecule has 3 aliphatic rings. The van der Waals surface area contributed by atoms with E-state index in [0.717, 1.165) is 44.3 Å². The maximum absolute atomic E-state index is 13.4. The summed E-state index contributed by atoms with van der Waals surface area (Å²) in [5, 5.41) is 3.11. The van der Waals surface area contributed by atoms with Crippen molar-refractivity contribution in [3.05, 3.63) is 65.7 Å². The molecular formula is C28H35N3O2. The average molecular weight is 446 g/mol. The SMILES string of the molecule is O=C(Nc1ccc(CCN2CCCC2)cc1)C1CC2CCCCC2N1C(=O)c1ccccc1. The molecule has 3 fully saturated rings. The van der Waals surface area contributed by atoms with E-state index in [0.29, 0.717) is 11.5 Å². The van der Waals surface area contributed by atoms with Crippen molar-refractivity contribution >= 4 is 17.5 Å². The third-order valence-electron chi connectivity index (χ3n) is 7.78. The van der Waals surface area contributed by atoms with Gasteiger partial charge in [-0.2, -0.15) is 0 Å². The third-order valence-corrected chi connectivity index (χ3v) is 7.78. The summed E-state index contributed by atoms with van der Waals surface area (Å²) in [6.07, 6.45) is 8.88. The molecule has 5 nitrogen and oxygen atoms in total. The molecule has 1 N–H and O–H groups in total. The first kappa shape index (κ1) is 22.1. The Balaban J connectivity index is 1.26. The maximum atomic E-state index is 13.4. The van der Waals surface area contributed by atoms with Gasteiger partial charge >= 0.3 is 0 Å². The minimum absolute atomic E-state index is 0.0117. The van der Waals surface area contributed by atoms with Crippen molar-refractivity contribution in [1.29, 1.82) is 0 Å². The summed E-state index contributed by atoms with van der Waals surface area (Å²) >= 11 is 0. The number of hydrogen-bond donors (Lipinski definition) is 1. The summed E-state index contributed by atoms with van der Waals surface area (Å²) in [6.45, 7) is 3.54. The van der Waals surface area contributed by atoms with E-state index >= 15 is 0 Å². The van der Waals surface area contributed by atoms with Gasteiger partial charge in [0.2, 0.25) is 5.91 Å². The van der Waals surface area contributed by atoms with Gasteiger partial charge in [0.15, 0.2) is 0 Å². The average Bonchev–Trinajstić information content (AvgIpc) is 3.52. The largest absolute Gasteiger partial charge is 0.324 e. The minimum Gasteiger partial charge on any atom is -0.324 e. The lowest BCUT2D eigenvalue weighted by molar-refractivity contribution is -0.120. The quantitative estimate of drug-likeness (QED) is 0.699. The van der Waals surface area contributed by atoms with Crippen LogP contribution in [0, 0.1) is 5.92 Å². The van der Waals surface area contributed by atoms with Crippen molar-refractivity contribution in [3.63, 3.8) is 0 Å². The molecule has 5 rings (SSSR count). The molecule has 33 heavy (non-hydrogen) atoms. The topological polar surface area (TPSA) is 52.7 Å². The monoisotopic (exact) mass is 445 g/mol. The van der Waals surface area contributed by atoms with E-state index in [4.69, 9.17) is 0 Å². The van der Waals surface area contributed by atoms with E-state index < -0.39 is 6.04 Å². The summed E-state index contributed by atoms with van der Waals surface area (Å²) in [7, 11) is 0. The van der Waals surface area contributed by atoms with Crippen LogP contribution in [0.5, 0.6) is 0 Å². The Morgan fingerprint density at radius 1 is 0.879 bits per heavy atom. The van der Waals surface area contributed by atoms with Crippen LogP contribution in [0.2, 0.25) is 0 Å². The Hall–Kier alpha value is -2.66. The fourth-order valence-electron chi connectivity index (χ4n) is 5.99. The van der Waals surface area contributed by atoms with Crippen molar-refractivity contribution in [3.8, 4) is 0 Å². The second kappa shape index (κ2) is 10.1. The van der Waals surface area contributed by atoms with Crippen LogP contribution in [-0.4, -0.2) is 53.3 Å². The number of benzene rings is 2. The number of anilines is 1. The van der Waals surface area contributed by atoms with Gasteiger partial charge in [-0.1, -0.05) is 43.2 Å². The number of nitrogens with zero attached hydrogens (tertiary/aromatic N) is 2. The lowest BCUT2D eigenvalue weighted by Crippen LogP contribution is -2.47. The molecule has 174 valence electrons. The van der Waals surface area contributed by atoms with Crippen LogP contribution in [-0.2, 0) is 11.2 Å². The van der Waals surface area contributed by atoms with Crippen molar-refractivity contribution in [2.75, 3.05) is 25.0 Å². The molecule has 0 aromatic heterocycles. The third kappa shape index (κ3) is 4.98. The molecular weight excluding hydrogens is 410 g/mol. The summed E-state index contributed by atoms with van der Waals surface area (Å²) in [5.41, 5.74) is 2.78. The molecule has 0 spiro atoms. The van der Waals surface area contributed by atoms with Crippen LogP contribution in [0.25, 0.3) is 0 Å². The predicted molar refractivity (Wildman–Crippen MR) is 131 cm³/mol. The molecule has 2 saturated heterocycles. The van der Waals surface area contributed by atoms with E-state index in [9.17, 15) is 9.59 Å². The molecule has 3 atom stereocenters. The number of likely N-dealkylation sites (tertiary alicyclic amines) is 2. The number of fused-ring (bicyclic) bond motifs is 1. The minimum atomic E-state index is -0.402. The first-order chi connectivity index (χ1) is 16.2. The van der Waals surface area contributed by atoms with Gasteiger partial charge in [0.25, 0.3) is 5.91 Å². The number of carbonyl (C=O) groups is 2. The number of amides is 2. The fourth-order valence-corrected chi connectivity index (χ4v) is 5.99. The molecule has 2 aromatic rings. The Labute approximate surface area is 197 Å². The molecule has 2 aromatic carbocycles. The second-order valence-corrected chi connectivity index (χ2v) is 9.93. The number of hydrogen-bond acceptors (Lipinski definition) is 3. The zero-order valence-corrected chi connectivity index (χ0v) is 19.4. The highest BCUT2D eigenvalue weighted by Gasteiger charge is 2.47. The van der Waals surface area contributed by atoms with Crippen LogP contribution >= 0.6 is 0 Å². The molecule has 3 unspecified atom stereocenters. The van der Waals surface area contributed by atoms with E-state index in [1.165, 1.54) is 37.9 Å². The highest BCUT2D eigenvalue weighted by molar-refractivity contribution is 6.01. The highest BCUT2D eigenvalue weighted by Crippen LogP contribution is 2.40. The first-order valence-corrected chi connectivity index (χ1v) is 12.7. The van der Waals surface area contributed by atoms with Gasteiger partial charge in [-0.05, 0) is 87.4 Å². The van der Waals surface area contributed by atoms with Gasteiger partial charge in [-0.15, -0.1) is 0 Å². The Morgan fingerprint density at radius 2 is 1.61 bits per heavy atom.